The third-order valence-electron chi connectivity index (χ3n) is 2.85. The van der Waals surface area contributed by atoms with E-state index in [1.807, 2.05) is 6.92 Å². The third-order valence-corrected chi connectivity index (χ3v) is 4.45. The molecule has 0 fully saturated rings. The molecule has 1 unspecified atom stereocenters. The quantitative estimate of drug-likeness (QED) is 0.893. The Labute approximate surface area is 121 Å². The van der Waals surface area contributed by atoms with Crippen molar-refractivity contribution in [2.24, 2.45) is 0 Å². The van der Waals surface area contributed by atoms with Crippen LogP contribution in [0.15, 0.2) is 18.2 Å². The van der Waals surface area contributed by atoms with E-state index in [0.29, 0.717) is 5.02 Å². The number of hydrogen-bond acceptors (Lipinski definition) is 3. The number of hydrogen-bond donors (Lipinski definition) is 1. The summed E-state index contributed by atoms with van der Waals surface area (Å²) in [4.78, 5) is 5.70. The van der Waals surface area contributed by atoms with Gasteiger partial charge in [-0.1, -0.05) is 18.5 Å². The minimum absolute atomic E-state index is 0.250. The maximum absolute atomic E-state index is 13.4. The van der Waals surface area contributed by atoms with Crippen LogP contribution in [0.4, 0.5) is 4.39 Å². The Balaban J connectivity index is 2.38. The van der Waals surface area contributed by atoms with E-state index in [4.69, 9.17) is 11.6 Å². The van der Waals surface area contributed by atoms with E-state index in [1.165, 1.54) is 17.0 Å². The first-order valence-corrected chi connectivity index (χ1v) is 7.38. The highest BCUT2D eigenvalue weighted by Gasteiger charge is 2.15. The lowest BCUT2D eigenvalue weighted by Crippen LogP contribution is -2.17. The molecule has 2 rings (SSSR count). The van der Waals surface area contributed by atoms with Crippen molar-refractivity contribution in [3.63, 3.8) is 0 Å². The van der Waals surface area contributed by atoms with Crippen molar-refractivity contribution in [1.82, 2.24) is 10.3 Å². The molecule has 5 heteroatoms. The van der Waals surface area contributed by atoms with Gasteiger partial charge in [-0.2, -0.15) is 0 Å². The molecule has 0 aliphatic carbocycles. The van der Waals surface area contributed by atoms with Crippen LogP contribution in [-0.2, 0) is 0 Å². The molecule has 1 heterocycles. The molecule has 1 aromatic carbocycles. The summed E-state index contributed by atoms with van der Waals surface area (Å²) >= 11 is 7.46. The topological polar surface area (TPSA) is 24.9 Å². The Hall–Kier alpha value is -0.970. The van der Waals surface area contributed by atoms with Gasteiger partial charge in [-0.25, -0.2) is 9.37 Å². The molecule has 0 bridgehead atoms. The van der Waals surface area contributed by atoms with Gasteiger partial charge in [0.25, 0.3) is 0 Å². The monoisotopic (exact) mass is 298 g/mol. The second kappa shape index (κ2) is 5.99. The summed E-state index contributed by atoms with van der Waals surface area (Å²) in [7, 11) is 0. The average Bonchev–Trinajstić information content (AvgIpc) is 2.70. The first-order valence-electron chi connectivity index (χ1n) is 6.18. The lowest BCUT2D eigenvalue weighted by atomic mass is 10.2. The number of aromatic nitrogens is 1. The molecular weight excluding hydrogens is 283 g/mol. The normalized spacial score (nSPS) is 12.7. The average molecular weight is 299 g/mol. The lowest BCUT2D eigenvalue weighted by Gasteiger charge is -2.09. The zero-order valence-electron chi connectivity index (χ0n) is 11.1. The van der Waals surface area contributed by atoms with E-state index in [-0.39, 0.29) is 11.9 Å². The summed E-state index contributed by atoms with van der Waals surface area (Å²) in [5, 5.41) is 4.56. The molecule has 2 nitrogen and oxygen atoms in total. The molecule has 0 spiro atoms. The highest BCUT2D eigenvalue weighted by atomic mass is 35.5. The van der Waals surface area contributed by atoms with E-state index < -0.39 is 0 Å². The fourth-order valence-corrected chi connectivity index (χ4v) is 3.31. The van der Waals surface area contributed by atoms with Gasteiger partial charge in [0.05, 0.1) is 5.69 Å². The summed E-state index contributed by atoms with van der Waals surface area (Å²) in [6, 6.07) is 4.75. The van der Waals surface area contributed by atoms with Crippen LogP contribution in [0.1, 0.15) is 30.5 Å². The minimum Gasteiger partial charge on any atom is -0.310 e. The maximum atomic E-state index is 13.4. The van der Waals surface area contributed by atoms with Gasteiger partial charge in [0, 0.05) is 21.5 Å². The van der Waals surface area contributed by atoms with Crippen molar-refractivity contribution in [1.29, 1.82) is 0 Å². The molecule has 2 aromatic rings. The number of benzene rings is 1. The van der Waals surface area contributed by atoms with E-state index in [0.717, 1.165) is 22.8 Å². The van der Waals surface area contributed by atoms with Gasteiger partial charge in [-0.15, -0.1) is 11.3 Å². The summed E-state index contributed by atoms with van der Waals surface area (Å²) in [5.74, 6) is -0.336. The highest BCUT2D eigenvalue weighted by Crippen LogP contribution is 2.33. The summed E-state index contributed by atoms with van der Waals surface area (Å²) < 4.78 is 13.4. The molecule has 1 atom stereocenters. The molecule has 1 N–H and O–H groups in total. The van der Waals surface area contributed by atoms with Crippen molar-refractivity contribution >= 4 is 22.9 Å². The molecule has 0 amide bonds. The Morgan fingerprint density at radius 1 is 1.42 bits per heavy atom. The van der Waals surface area contributed by atoms with Gasteiger partial charge in [0.2, 0.25) is 0 Å². The molecule has 0 aliphatic heterocycles. The van der Waals surface area contributed by atoms with Crippen molar-refractivity contribution in [2.75, 3.05) is 6.54 Å². The second-order valence-corrected chi connectivity index (χ2v) is 5.87. The number of thiazole rings is 1. The largest absolute Gasteiger partial charge is 0.310 e. The van der Waals surface area contributed by atoms with Crippen molar-refractivity contribution in [3.8, 4) is 10.6 Å². The van der Waals surface area contributed by atoms with Gasteiger partial charge in [-0.3, -0.25) is 0 Å². The number of nitrogens with zero attached hydrogens (tertiary/aromatic N) is 1. The van der Waals surface area contributed by atoms with E-state index in [9.17, 15) is 4.39 Å². The van der Waals surface area contributed by atoms with Crippen LogP contribution in [0.3, 0.4) is 0 Å². The standard InChI is InChI=1S/C14H16ClFN2S/c1-4-17-8(2)13-9(3)18-14(19-13)10-5-11(15)7-12(16)6-10/h5-8,17H,4H2,1-3H3. The third kappa shape index (κ3) is 3.32. The van der Waals surface area contributed by atoms with Crippen molar-refractivity contribution in [2.45, 2.75) is 26.8 Å². The second-order valence-electron chi connectivity index (χ2n) is 4.41. The van der Waals surface area contributed by atoms with Gasteiger partial charge in [0.1, 0.15) is 10.8 Å². The maximum Gasteiger partial charge on any atom is 0.125 e. The SMILES string of the molecule is CCNC(C)c1sc(-c2cc(F)cc(Cl)c2)nc1C. The van der Waals surface area contributed by atoms with Crippen LogP contribution in [0.5, 0.6) is 0 Å². The van der Waals surface area contributed by atoms with Crippen molar-refractivity contribution in [3.05, 3.63) is 39.6 Å². The van der Waals surface area contributed by atoms with E-state index in [1.54, 1.807) is 17.4 Å². The van der Waals surface area contributed by atoms with Crippen LogP contribution < -0.4 is 5.32 Å². The van der Waals surface area contributed by atoms with Crippen LogP contribution in [-0.4, -0.2) is 11.5 Å². The molecule has 19 heavy (non-hydrogen) atoms. The fraction of sp³-hybridized carbons (Fsp3) is 0.357. The first-order chi connectivity index (χ1) is 9.01. The van der Waals surface area contributed by atoms with Gasteiger partial charge < -0.3 is 5.32 Å². The molecule has 0 radical (unpaired) electrons. The lowest BCUT2D eigenvalue weighted by molar-refractivity contribution is 0.603. The Bertz CT molecular complexity index is 563. The Kier molecular flexibility index (Phi) is 4.55. The molecule has 0 saturated heterocycles. The summed E-state index contributed by atoms with van der Waals surface area (Å²) in [5.41, 5.74) is 1.71. The molecular formula is C14H16ClFN2S. The van der Waals surface area contributed by atoms with Crippen LogP contribution in [0.2, 0.25) is 5.02 Å². The van der Waals surface area contributed by atoms with Gasteiger partial charge >= 0.3 is 0 Å². The zero-order chi connectivity index (χ0) is 14.0. The molecule has 0 saturated carbocycles. The summed E-state index contributed by atoms with van der Waals surface area (Å²) in [6.07, 6.45) is 0. The highest BCUT2D eigenvalue weighted by molar-refractivity contribution is 7.15. The van der Waals surface area contributed by atoms with Gasteiger partial charge in [0.15, 0.2) is 0 Å². The smallest absolute Gasteiger partial charge is 0.125 e. The zero-order valence-corrected chi connectivity index (χ0v) is 12.7. The molecule has 102 valence electrons. The van der Waals surface area contributed by atoms with Crippen LogP contribution in [0.25, 0.3) is 10.6 Å². The number of nitrogens with one attached hydrogen (secondary N) is 1. The predicted molar refractivity (Wildman–Crippen MR) is 79.3 cm³/mol. The molecule has 0 aliphatic rings. The predicted octanol–water partition coefficient (Wildman–Crippen LogP) is 4.58. The number of halogens is 2. The number of aryl methyl sites for hydroxylation is 1. The van der Waals surface area contributed by atoms with Gasteiger partial charge in [-0.05, 0) is 38.6 Å². The van der Waals surface area contributed by atoms with Crippen molar-refractivity contribution < 1.29 is 4.39 Å². The van der Waals surface area contributed by atoms with E-state index in [2.05, 4.69) is 24.1 Å². The summed E-state index contributed by atoms with van der Waals surface area (Å²) in [6.45, 7) is 7.05. The van der Waals surface area contributed by atoms with Crippen LogP contribution >= 0.6 is 22.9 Å². The molecule has 1 aromatic heterocycles. The first kappa shape index (κ1) is 14.4. The minimum atomic E-state index is -0.336. The fourth-order valence-electron chi connectivity index (χ4n) is 2.01. The van der Waals surface area contributed by atoms with E-state index >= 15 is 0 Å². The Morgan fingerprint density at radius 2 is 2.16 bits per heavy atom. The Morgan fingerprint density at radius 3 is 2.79 bits per heavy atom. The van der Waals surface area contributed by atoms with Crippen LogP contribution in [0, 0.1) is 12.7 Å². The number of rotatable bonds is 4.